The van der Waals surface area contributed by atoms with Crippen molar-refractivity contribution in [3.8, 4) is 0 Å². The molecule has 0 fully saturated rings. The highest BCUT2D eigenvalue weighted by Crippen LogP contribution is 2.21. The molecular weight excluding hydrogens is 249 g/mol. The van der Waals surface area contributed by atoms with E-state index in [0.717, 1.165) is 30.8 Å². The molecule has 0 saturated heterocycles. The van der Waals surface area contributed by atoms with E-state index in [1.165, 1.54) is 5.69 Å². The Morgan fingerprint density at radius 3 is 2.81 bits per heavy atom. The van der Waals surface area contributed by atoms with Gasteiger partial charge in [0.05, 0.1) is 12.3 Å². The third-order valence-corrected chi connectivity index (χ3v) is 2.88. The number of aryl methyl sites for hydroxylation is 1. The van der Waals surface area contributed by atoms with Crippen LogP contribution in [0.4, 0.5) is 0 Å². The molecule has 16 heavy (non-hydrogen) atoms. The molecule has 2 rings (SSSR count). The van der Waals surface area contributed by atoms with E-state index in [4.69, 9.17) is 10.8 Å². The predicted octanol–water partition coefficient (Wildman–Crippen LogP) is 0.843. The van der Waals surface area contributed by atoms with Gasteiger partial charge in [-0.2, -0.15) is 0 Å². The maximum atomic E-state index is 8.94. The monoisotopic (exact) mass is 267 g/mol. The maximum Gasteiger partial charge on any atom is 0.106 e. The lowest BCUT2D eigenvalue weighted by Crippen LogP contribution is -2.28. The van der Waals surface area contributed by atoms with Gasteiger partial charge in [0.25, 0.3) is 0 Å². The van der Waals surface area contributed by atoms with E-state index in [0.29, 0.717) is 6.54 Å². The van der Waals surface area contributed by atoms with E-state index in [2.05, 4.69) is 9.55 Å². The van der Waals surface area contributed by atoms with E-state index in [1.807, 2.05) is 6.92 Å². The fourth-order valence-corrected chi connectivity index (χ4v) is 2.18. The van der Waals surface area contributed by atoms with Gasteiger partial charge >= 0.3 is 0 Å². The summed E-state index contributed by atoms with van der Waals surface area (Å²) in [6, 6.07) is 0.263. The lowest BCUT2D eigenvalue weighted by atomic mass is 9.97. The summed E-state index contributed by atoms with van der Waals surface area (Å²) < 4.78 is 2.11. The molecule has 94 valence electrons. The molecule has 0 spiro atoms. The highest BCUT2D eigenvalue weighted by Gasteiger charge is 2.21. The van der Waals surface area contributed by atoms with Crippen LogP contribution in [0.25, 0.3) is 0 Å². The van der Waals surface area contributed by atoms with Crippen LogP contribution in [0.15, 0.2) is 0 Å². The summed E-state index contributed by atoms with van der Waals surface area (Å²) >= 11 is 0. The minimum Gasteiger partial charge on any atom is -0.395 e. The Balaban J connectivity index is 0.00000112. The van der Waals surface area contributed by atoms with Crippen molar-refractivity contribution < 1.29 is 5.11 Å². The zero-order valence-corrected chi connectivity index (χ0v) is 11.0. The first-order valence-corrected chi connectivity index (χ1v) is 5.13. The van der Waals surface area contributed by atoms with Crippen molar-refractivity contribution in [2.45, 2.75) is 38.8 Å². The Labute approximate surface area is 108 Å². The van der Waals surface area contributed by atoms with Gasteiger partial charge in [0.1, 0.15) is 5.82 Å². The summed E-state index contributed by atoms with van der Waals surface area (Å²) in [4.78, 5) is 4.49. The van der Waals surface area contributed by atoms with Gasteiger partial charge in [-0.1, -0.05) is 0 Å². The number of nitrogens with zero attached hydrogens (tertiary/aromatic N) is 2. The highest BCUT2D eigenvalue weighted by atomic mass is 35.5. The molecule has 0 bridgehead atoms. The lowest BCUT2D eigenvalue weighted by molar-refractivity contribution is 0.272. The number of hydrogen-bond donors (Lipinski definition) is 2. The number of nitrogens with two attached hydrogens (primary N) is 1. The van der Waals surface area contributed by atoms with Gasteiger partial charge in [0.15, 0.2) is 0 Å². The molecule has 1 atom stereocenters. The second-order valence-corrected chi connectivity index (χ2v) is 3.93. The Kier molecular flexibility index (Phi) is 6.33. The number of aliphatic hydroxyl groups excluding tert-OH is 1. The summed E-state index contributed by atoms with van der Waals surface area (Å²) in [5, 5.41) is 8.94. The van der Waals surface area contributed by atoms with E-state index < -0.39 is 0 Å². The summed E-state index contributed by atoms with van der Waals surface area (Å²) in [7, 11) is 0. The number of imidazole rings is 1. The lowest BCUT2D eigenvalue weighted by Gasteiger charge is -2.19. The van der Waals surface area contributed by atoms with Gasteiger partial charge in [0.2, 0.25) is 0 Å². The number of aromatic nitrogens is 2. The van der Waals surface area contributed by atoms with Crippen LogP contribution in [-0.4, -0.2) is 27.3 Å². The van der Waals surface area contributed by atoms with Gasteiger partial charge in [-0.25, -0.2) is 4.98 Å². The molecule has 1 aliphatic carbocycles. The minimum absolute atomic E-state index is 0. The second-order valence-electron chi connectivity index (χ2n) is 3.93. The predicted molar refractivity (Wildman–Crippen MR) is 68.5 cm³/mol. The molecule has 3 N–H and O–H groups in total. The van der Waals surface area contributed by atoms with E-state index in [9.17, 15) is 0 Å². The minimum atomic E-state index is 0. The van der Waals surface area contributed by atoms with Crippen molar-refractivity contribution >= 4 is 24.8 Å². The highest BCUT2D eigenvalue weighted by molar-refractivity contribution is 5.85. The number of halogens is 2. The molecule has 1 unspecified atom stereocenters. The first-order chi connectivity index (χ1) is 6.72. The van der Waals surface area contributed by atoms with Crippen LogP contribution in [0.2, 0.25) is 0 Å². The van der Waals surface area contributed by atoms with Gasteiger partial charge in [-0.05, 0) is 19.8 Å². The summed E-state index contributed by atoms with van der Waals surface area (Å²) in [5.74, 6) is 0.998. The fraction of sp³-hybridized carbons (Fsp3) is 0.700. The van der Waals surface area contributed by atoms with Crippen LogP contribution in [0, 0.1) is 6.92 Å². The van der Waals surface area contributed by atoms with Crippen LogP contribution in [0.3, 0.4) is 0 Å². The Hall–Kier alpha value is -0.290. The summed E-state index contributed by atoms with van der Waals surface area (Å²) in [6.45, 7) is 2.82. The summed E-state index contributed by atoms with van der Waals surface area (Å²) in [6.07, 6.45) is 2.91. The zero-order valence-electron chi connectivity index (χ0n) is 9.35. The largest absolute Gasteiger partial charge is 0.395 e. The molecule has 0 aliphatic heterocycles. The molecule has 1 aromatic heterocycles. The van der Waals surface area contributed by atoms with E-state index in [1.54, 1.807) is 0 Å². The first kappa shape index (κ1) is 15.7. The van der Waals surface area contributed by atoms with Crippen LogP contribution in [0.1, 0.15) is 23.6 Å². The SMILES string of the molecule is Cc1nc2c(n1CCO)CCC(N)C2.Cl.Cl. The standard InChI is InChI=1S/C10H17N3O.2ClH/c1-7-12-9-6-8(11)2-3-10(9)13(7)4-5-14;;/h8,14H,2-6,11H2,1H3;2*1H. The maximum absolute atomic E-state index is 8.94. The second kappa shape index (κ2) is 6.45. The molecule has 0 amide bonds. The van der Waals surface area contributed by atoms with Gasteiger partial charge in [-0.3, -0.25) is 0 Å². The van der Waals surface area contributed by atoms with Crippen molar-refractivity contribution in [1.29, 1.82) is 0 Å². The third-order valence-electron chi connectivity index (χ3n) is 2.88. The van der Waals surface area contributed by atoms with E-state index in [-0.39, 0.29) is 37.5 Å². The van der Waals surface area contributed by atoms with Crippen molar-refractivity contribution in [3.05, 3.63) is 17.2 Å². The molecule has 4 nitrogen and oxygen atoms in total. The average Bonchev–Trinajstić information content (AvgIpc) is 2.43. The molecule has 0 saturated carbocycles. The molecular formula is C10H19Cl2N3O. The Morgan fingerprint density at radius 1 is 1.50 bits per heavy atom. The van der Waals surface area contributed by atoms with Gasteiger partial charge in [-0.15, -0.1) is 24.8 Å². The Bertz CT molecular complexity index is 341. The topological polar surface area (TPSA) is 64.1 Å². The van der Waals surface area contributed by atoms with Crippen molar-refractivity contribution in [2.75, 3.05) is 6.61 Å². The van der Waals surface area contributed by atoms with Crippen LogP contribution < -0.4 is 5.73 Å². The molecule has 6 heteroatoms. The first-order valence-electron chi connectivity index (χ1n) is 5.13. The zero-order chi connectivity index (χ0) is 10.1. The van der Waals surface area contributed by atoms with Crippen molar-refractivity contribution in [1.82, 2.24) is 9.55 Å². The number of hydrogen-bond acceptors (Lipinski definition) is 3. The van der Waals surface area contributed by atoms with Crippen LogP contribution in [0.5, 0.6) is 0 Å². The third kappa shape index (κ3) is 2.88. The smallest absolute Gasteiger partial charge is 0.106 e. The molecule has 0 aromatic carbocycles. The number of aliphatic hydroxyl groups is 1. The quantitative estimate of drug-likeness (QED) is 0.835. The van der Waals surface area contributed by atoms with Crippen LogP contribution >= 0.6 is 24.8 Å². The average molecular weight is 268 g/mol. The number of fused-ring (bicyclic) bond motifs is 1. The number of rotatable bonds is 2. The molecule has 1 heterocycles. The molecule has 1 aliphatic rings. The van der Waals surface area contributed by atoms with E-state index >= 15 is 0 Å². The van der Waals surface area contributed by atoms with Gasteiger partial charge in [0, 0.05) is 24.7 Å². The fourth-order valence-electron chi connectivity index (χ4n) is 2.18. The normalized spacial score (nSPS) is 18.3. The van der Waals surface area contributed by atoms with Crippen molar-refractivity contribution in [3.63, 3.8) is 0 Å². The molecule has 0 radical (unpaired) electrons. The Morgan fingerprint density at radius 2 is 2.19 bits per heavy atom. The van der Waals surface area contributed by atoms with Gasteiger partial charge < -0.3 is 15.4 Å². The molecule has 1 aromatic rings. The summed E-state index contributed by atoms with van der Waals surface area (Å²) in [5.41, 5.74) is 8.29. The van der Waals surface area contributed by atoms with Crippen molar-refractivity contribution in [2.24, 2.45) is 5.73 Å². The van der Waals surface area contributed by atoms with Crippen LogP contribution in [-0.2, 0) is 19.4 Å².